The lowest BCUT2D eigenvalue weighted by atomic mass is 10.2. The molecule has 0 unspecified atom stereocenters. The minimum absolute atomic E-state index is 0.0193. The van der Waals surface area contributed by atoms with E-state index in [4.69, 9.17) is 11.6 Å². The highest BCUT2D eigenvalue weighted by Crippen LogP contribution is 2.35. The Morgan fingerprint density at radius 3 is 2.45 bits per heavy atom. The van der Waals surface area contributed by atoms with Gasteiger partial charge < -0.3 is 30.1 Å². The van der Waals surface area contributed by atoms with Crippen molar-refractivity contribution in [2.24, 2.45) is 0 Å². The number of hydrogen-bond donors (Lipinski definition) is 3. The van der Waals surface area contributed by atoms with Crippen LogP contribution >= 0.6 is 11.6 Å². The fourth-order valence-electron chi connectivity index (χ4n) is 3.64. The molecule has 0 bridgehead atoms. The summed E-state index contributed by atoms with van der Waals surface area (Å²) in [6.45, 7) is 0.644. The first-order valence-corrected chi connectivity index (χ1v) is 11.3. The van der Waals surface area contributed by atoms with Crippen molar-refractivity contribution >= 4 is 40.4 Å². The minimum Gasteiger partial charge on any atom is -0.420 e. The molecule has 3 aromatic rings. The van der Waals surface area contributed by atoms with E-state index in [1.807, 2.05) is 0 Å². The number of rotatable bonds is 8. The van der Waals surface area contributed by atoms with Gasteiger partial charge in [-0.15, -0.1) is 22.0 Å². The molecule has 0 spiro atoms. The number of halogens is 6. The second-order valence-electron chi connectivity index (χ2n) is 8.05. The maximum atomic E-state index is 12.9. The Labute approximate surface area is 217 Å². The van der Waals surface area contributed by atoms with Crippen LogP contribution < -0.4 is 25.0 Å². The zero-order valence-electron chi connectivity index (χ0n) is 19.2. The molecule has 15 heteroatoms. The number of aromatic nitrogens is 2. The summed E-state index contributed by atoms with van der Waals surface area (Å²) in [6, 6.07) is 7.33. The van der Waals surface area contributed by atoms with Gasteiger partial charge in [-0.05, 0) is 36.8 Å². The first kappa shape index (κ1) is 27.1. The highest BCUT2D eigenvalue weighted by Gasteiger charge is 2.33. The summed E-state index contributed by atoms with van der Waals surface area (Å²) >= 11 is 4.73. The molecule has 1 aliphatic rings. The summed E-state index contributed by atoms with van der Waals surface area (Å²) in [5.74, 6) is -1.16. The van der Waals surface area contributed by atoms with Crippen LogP contribution in [-0.2, 0) is 0 Å². The van der Waals surface area contributed by atoms with E-state index >= 15 is 0 Å². The predicted octanol–water partition coefficient (Wildman–Crippen LogP) is 5.11. The van der Waals surface area contributed by atoms with Crippen molar-refractivity contribution in [1.29, 1.82) is 0 Å². The van der Waals surface area contributed by atoms with Gasteiger partial charge in [-0.3, -0.25) is 9.78 Å². The Morgan fingerprint density at radius 1 is 1.08 bits per heavy atom. The number of amides is 1. The zero-order chi connectivity index (χ0) is 27.5. The topological polar surface area (TPSA) is 109 Å². The molecular formula is C23H19ClF5N5O4. The molecule has 0 radical (unpaired) electrons. The summed E-state index contributed by atoms with van der Waals surface area (Å²) in [4.78, 5) is 22.7. The van der Waals surface area contributed by atoms with Gasteiger partial charge in [-0.1, -0.05) is 0 Å². The largest absolute Gasteiger partial charge is 0.573 e. The van der Waals surface area contributed by atoms with Crippen molar-refractivity contribution in [1.82, 2.24) is 9.97 Å². The fraction of sp³-hybridized carbons (Fsp3) is 0.261. The van der Waals surface area contributed by atoms with Crippen LogP contribution in [0.1, 0.15) is 16.8 Å². The lowest BCUT2D eigenvalue weighted by molar-refractivity contribution is -0.274. The third-order valence-electron chi connectivity index (χ3n) is 5.21. The molecule has 1 aliphatic heterocycles. The number of carbonyl (C=O) groups excluding carboxylic acids is 1. The number of β-amino-alcohol motifs (C(OH)–C–C–N with tert-alkyl or cyclic N) is 1. The number of hydrogen-bond acceptors (Lipinski definition) is 8. The van der Waals surface area contributed by atoms with E-state index in [2.05, 4.69) is 30.1 Å². The van der Waals surface area contributed by atoms with Gasteiger partial charge in [0.15, 0.2) is 11.6 Å². The van der Waals surface area contributed by atoms with E-state index in [-0.39, 0.29) is 40.7 Å². The molecule has 1 aromatic carbocycles. The molecule has 9 nitrogen and oxygen atoms in total. The van der Waals surface area contributed by atoms with Crippen LogP contribution in [0.15, 0.2) is 55.0 Å². The smallest absolute Gasteiger partial charge is 0.420 e. The van der Waals surface area contributed by atoms with Crippen LogP contribution in [0, 0.1) is 0 Å². The fourth-order valence-corrected chi connectivity index (χ4v) is 3.73. The van der Waals surface area contributed by atoms with E-state index < -0.39 is 29.7 Å². The summed E-state index contributed by atoms with van der Waals surface area (Å²) in [5, 5.41) is 15.3. The standard InChI is InChI=1S/C23H19ClF5N5O4/c24-22(25,26)37-16-3-1-14(2-4-16)32-21(36)13-9-17(20(31-10-13)34-8-6-15(35)12-34)33-18-11-30-7-5-19(18)38-23(27,28)29/h1-5,7,9-11,15,33,35H,6,8,12H2,(H,32,36)/t15-/m1/s1. The van der Waals surface area contributed by atoms with Gasteiger partial charge in [-0.2, -0.15) is 0 Å². The summed E-state index contributed by atoms with van der Waals surface area (Å²) in [6.07, 6.45) is -1.64. The number of nitrogens with zero attached hydrogens (tertiary/aromatic N) is 3. The third kappa shape index (κ3) is 7.32. The minimum atomic E-state index is -4.96. The number of pyridine rings is 2. The van der Waals surface area contributed by atoms with E-state index in [1.165, 1.54) is 36.5 Å². The van der Waals surface area contributed by atoms with Gasteiger partial charge in [-0.25, -0.2) is 4.98 Å². The van der Waals surface area contributed by atoms with Crippen molar-refractivity contribution in [3.8, 4) is 11.5 Å². The van der Waals surface area contributed by atoms with Gasteiger partial charge in [0.05, 0.1) is 23.6 Å². The van der Waals surface area contributed by atoms with Crippen molar-refractivity contribution in [2.75, 3.05) is 28.6 Å². The van der Waals surface area contributed by atoms with Gasteiger partial charge in [0.2, 0.25) is 0 Å². The number of aliphatic hydroxyl groups is 1. The molecule has 38 heavy (non-hydrogen) atoms. The summed E-state index contributed by atoms with van der Waals surface area (Å²) in [5.41, 5.74) is -3.64. The molecular weight excluding hydrogens is 541 g/mol. The van der Waals surface area contributed by atoms with Crippen molar-refractivity contribution < 1.29 is 41.3 Å². The number of ether oxygens (including phenoxy) is 2. The second-order valence-corrected chi connectivity index (χ2v) is 8.49. The average Bonchev–Trinajstić information content (AvgIpc) is 3.25. The average molecular weight is 560 g/mol. The summed E-state index contributed by atoms with van der Waals surface area (Å²) < 4.78 is 72.5. The van der Waals surface area contributed by atoms with Crippen LogP contribution in [-0.4, -0.2) is 52.1 Å². The molecule has 4 rings (SSSR count). The highest BCUT2D eigenvalue weighted by atomic mass is 35.5. The first-order chi connectivity index (χ1) is 17.9. The number of benzene rings is 1. The molecule has 3 N–H and O–H groups in total. The van der Waals surface area contributed by atoms with Gasteiger partial charge >= 0.3 is 11.9 Å². The second kappa shape index (κ2) is 10.8. The van der Waals surface area contributed by atoms with Gasteiger partial charge in [0, 0.05) is 48.8 Å². The van der Waals surface area contributed by atoms with E-state index in [1.54, 1.807) is 4.90 Å². The molecule has 3 heterocycles. The van der Waals surface area contributed by atoms with Crippen LogP contribution in [0.4, 0.5) is 44.8 Å². The van der Waals surface area contributed by atoms with Crippen LogP contribution in [0.5, 0.6) is 11.5 Å². The van der Waals surface area contributed by atoms with E-state index in [0.717, 1.165) is 18.5 Å². The Hall–Kier alpha value is -3.91. The van der Waals surface area contributed by atoms with Crippen LogP contribution in [0.25, 0.3) is 0 Å². The molecule has 1 amide bonds. The van der Waals surface area contributed by atoms with Crippen molar-refractivity contribution in [3.63, 3.8) is 0 Å². The lowest BCUT2D eigenvalue weighted by Gasteiger charge is -2.22. The monoisotopic (exact) mass is 559 g/mol. The first-order valence-electron chi connectivity index (χ1n) is 10.9. The third-order valence-corrected chi connectivity index (χ3v) is 5.29. The van der Waals surface area contributed by atoms with Crippen LogP contribution in [0.2, 0.25) is 0 Å². The van der Waals surface area contributed by atoms with Gasteiger partial charge in [0.1, 0.15) is 11.4 Å². The Bertz CT molecular complexity index is 1290. The Morgan fingerprint density at radius 2 is 1.82 bits per heavy atom. The number of carbonyl (C=O) groups is 1. The molecule has 2 aromatic heterocycles. The summed E-state index contributed by atoms with van der Waals surface area (Å²) in [7, 11) is 0. The molecule has 0 saturated carbocycles. The molecule has 1 atom stereocenters. The molecule has 1 fully saturated rings. The van der Waals surface area contributed by atoms with E-state index in [9.17, 15) is 31.9 Å². The quantitative estimate of drug-likeness (QED) is 0.258. The van der Waals surface area contributed by atoms with E-state index in [0.29, 0.717) is 13.0 Å². The molecule has 0 aliphatic carbocycles. The van der Waals surface area contributed by atoms with Crippen molar-refractivity contribution in [2.45, 2.75) is 24.5 Å². The van der Waals surface area contributed by atoms with Crippen LogP contribution in [0.3, 0.4) is 0 Å². The molecule has 202 valence electrons. The number of alkyl halides is 6. The number of aliphatic hydroxyl groups excluding tert-OH is 1. The van der Waals surface area contributed by atoms with Gasteiger partial charge in [0.25, 0.3) is 5.91 Å². The zero-order valence-corrected chi connectivity index (χ0v) is 19.9. The highest BCUT2D eigenvalue weighted by molar-refractivity contribution is 6.20. The molecule has 1 saturated heterocycles. The lowest BCUT2D eigenvalue weighted by Crippen LogP contribution is -2.24. The Kier molecular flexibility index (Phi) is 7.73. The number of anilines is 4. The Balaban J connectivity index is 1.60. The maximum Gasteiger partial charge on any atom is 0.573 e. The SMILES string of the molecule is O=C(Nc1ccc(OC(F)(F)Cl)cc1)c1cnc(N2CC[C@@H](O)C2)c(Nc2cnccc2OC(F)(F)F)c1. The maximum absolute atomic E-state index is 12.9. The normalized spacial score (nSPS) is 15.8. The predicted molar refractivity (Wildman–Crippen MR) is 127 cm³/mol. The van der Waals surface area contributed by atoms with Crippen molar-refractivity contribution in [3.05, 3.63) is 60.6 Å². The number of nitrogens with one attached hydrogen (secondary N) is 2.